The fourth-order valence-corrected chi connectivity index (χ4v) is 3.28. The summed E-state index contributed by atoms with van der Waals surface area (Å²) in [6.07, 6.45) is 1.66. The van der Waals surface area contributed by atoms with Crippen molar-refractivity contribution in [2.24, 2.45) is 0 Å². The molecule has 0 saturated carbocycles. The molecule has 1 saturated heterocycles. The number of carbonyl (C=O) groups is 1. The smallest absolute Gasteiger partial charge is 0.276 e. The van der Waals surface area contributed by atoms with Crippen LogP contribution in [0, 0.1) is 6.92 Å². The van der Waals surface area contributed by atoms with E-state index in [-0.39, 0.29) is 12.0 Å². The average molecular weight is 385 g/mol. The number of methoxy groups -OCH3 is 1. The summed E-state index contributed by atoms with van der Waals surface area (Å²) in [5.41, 5.74) is 1.44. The predicted molar refractivity (Wildman–Crippen MR) is 105 cm³/mol. The van der Waals surface area contributed by atoms with E-state index in [1.807, 2.05) is 29.2 Å². The first kappa shape index (κ1) is 20.1. The van der Waals surface area contributed by atoms with Crippen LogP contribution in [-0.2, 0) is 4.74 Å². The number of hydrogen-bond acceptors (Lipinski definition) is 6. The molecule has 2 heterocycles. The molecule has 3 rings (SSSR count). The molecule has 1 aromatic carbocycles. The van der Waals surface area contributed by atoms with Gasteiger partial charge in [0.2, 0.25) is 0 Å². The van der Waals surface area contributed by atoms with Crippen molar-refractivity contribution in [3.8, 4) is 5.75 Å². The van der Waals surface area contributed by atoms with Crippen LogP contribution in [0.15, 0.2) is 47.5 Å². The summed E-state index contributed by atoms with van der Waals surface area (Å²) in [6, 6.07) is 9.61. The zero-order chi connectivity index (χ0) is 19.9. The van der Waals surface area contributed by atoms with E-state index in [0.29, 0.717) is 31.2 Å². The van der Waals surface area contributed by atoms with Gasteiger partial charge in [-0.05, 0) is 24.6 Å². The zero-order valence-electron chi connectivity index (χ0n) is 16.5. The molecule has 0 aliphatic carbocycles. The lowest BCUT2D eigenvalue weighted by molar-refractivity contribution is 0.0242. The first-order chi connectivity index (χ1) is 13.6. The summed E-state index contributed by atoms with van der Waals surface area (Å²) in [6.45, 7) is 9.60. The third-order valence-electron chi connectivity index (χ3n) is 4.81. The minimum atomic E-state index is -0.0893. The number of amides is 1. The quantitative estimate of drug-likeness (QED) is 0.651. The second kappa shape index (κ2) is 9.52. The van der Waals surface area contributed by atoms with Crippen molar-refractivity contribution in [1.82, 2.24) is 15.0 Å². The largest absolute Gasteiger partial charge is 0.497 e. The van der Waals surface area contributed by atoms with E-state index in [1.54, 1.807) is 26.2 Å². The molecule has 1 aromatic heterocycles. The third kappa shape index (κ3) is 4.99. The van der Waals surface area contributed by atoms with Crippen LogP contribution < -0.4 is 4.74 Å². The van der Waals surface area contributed by atoms with Crippen LogP contribution in [0.25, 0.3) is 0 Å². The fourth-order valence-electron chi connectivity index (χ4n) is 3.28. The van der Waals surface area contributed by atoms with E-state index >= 15 is 0 Å². The summed E-state index contributed by atoms with van der Waals surface area (Å²) in [4.78, 5) is 16.6. The van der Waals surface area contributed by atoms with Gasteiger partial charge in [-0.15, -0.1) is 6.58 Å². The second-order valence-corrected chi connectivity index (χ2v) is 6.80. The Labute approximate surface area is 165 Å². The first-order valence-corrected chi connectivity index (χ1v) is 9.42. The molecule has 28 heavy (non-hydrogen) atoms. The standard InChI is InChI=1S/C21H27N3O4/c1-4-12-27-20(17-6-5-7-18(14-17)26-3)15-23-8-10-24(11-9-23)21(25)19-13-16(2)28-22-19/h4-7,13-14,20H,1,8-12,15H2,2-3H3. The fraction of sp³-hybridized carbons (Fsp3) is 0.429. The zero-order valence-corrected chi connectivity index (χ0v) is 16.5. The van der Waals surface area contributed by atoms with Crippen LogP contribution in [0.1, 0.15) is 27.9 Å². The Morgan fingerprint density at radius 3 is 2.75 bits per heavy atom. The number of ether oxygens (including phenoxy) is 2. The molecule has 1 aliphatic heterocycles. The van der Waals surface area contributed by atoms with Crippen LogP contribution in [0.3, 0.4) is 0 Å². The highest BCUT2D eigenvalue weighted by Gasteiger charge is 2.26. The maximum Gasteiger partial charge on any atom is 0.276 e. The summed E-state index contributed by atoms with van der Waals surface area (Å²) in [7, 11) is 1.66. The van der Waals surface area contributed by atoms with Crippen molar-refractivity contribution in [1.29, 1.82) is 0 Å². The molecule has 7 nitrogen and oxygen atoms in total. The van der Waals surface area contributed by atoms with Crippen molar-refractivity contribution in [2.45, 2.75) is 13.0 Å². The topological polar surface area (TPSA) is 68.0 Å². The molecule has 1 unspecified atom stereocenters. The van der Waals surface area contributed by atoms with E-state index in [9.17, 15) is 4.79 Å². The molecule has 7 heteroatoms. The molecule has 0 radical (unpaired) electrons. The van der Waals surface area contributed by atoms with E-state index in [1.165, 1.54) is 0 Å². The van der Waals surface area contributed by atoms with Gasteiger partial charge in [-0.25, -0.2) is 0 Å². The number of aromatic nitrogens is 1. The second-order valence-electron chi connectivity index (χ2n) is 6.80. The van der Waals surface area contributed by atoms with Crippen LogP contribution in [0.5, 0.6) is 5.75 Å². The number of benzene rings is 1. The number of rotatable bonds is 8. The molecule has 150 valence electrons. The van der Waals surface area contributed by atoms with Crippen molar-refractivity contribution < 1.29 is 18.8 Å². The van der Waals surface area contributed by atoms with E-state index in [4.69, 9.17) is 14.0 Å². The van der Waals surface area contributed by atoms with Gasteiger partial charge in [-0.1, -0.05) is 23.4 Å². The van der Waals surface area contributed by atoms with Gasteiger partial charge in [-0.3, -0.25) is 9.69 Å². The van der Waals surface area contributed by atoms with Crippen LogP contribution in [0.2, 0.25) is 0 Å². The minimum absolute atomic E-state index is 0.0799. The van der Waals surface area contributed by atoms with Crippen molar-refractivity contribution >= 4 is 5.91 Å². The lowest BCUT2D eigenvalue weighted by atomic mass is 10.1. The van der Waals surface area contributed by atoms with E-state index in [0.717, 1.165) is 30.9 Å². The summed E-state index contributed by atoms with van der Waals surface area (Å²) in [5, 5.41) is 3.83. The van der Waals surface area contributed by atoms with Crippen molar-refractivity contribution in [3.63, 3.8) is 0 Å². The number of carbonyl (C=O) groups excluding carboxylic acids is 1. The molecular weight excluding hydrogens is 358 g/mol. The number of aryl methyl sites for hydroxylation is 1. The summed E-state index contributed by atoms with van der Waals surface area (Å²) < 4.78 is 16.4. The Morgan fingerprint density at radius 1 is 1.32 bits per heavy atom. The van der Waals surface area contributed by atoms with Gasteiger partial charge in [0.05, 0.1) is 19.8 Å². The summed E-state index contributed by atoms with van der Waals surface area (Å²) in [5.74, 6) is 1.37. The van der Waals surface area contributed by atoms with Gasteiger partial charge in [0.1, 0.15) is 11.5 Å². The predicted octanol–water partition coefficient (Wildman–Crippen LogP) is 2.69. The molecule has 0 N–H and O–H groups in total. The van der Waals surface area contributed by atoms with E-state index < -0.39 is 0 Å². The van der Waals surface area contributed by atoms with Crippen molar-refractivity contribution in [2.75, 3.05) is 46.4 Å². The van der Waals surface area contributed by atoms with E-state index in [2.05, 4.69) is 16.6 Å². The van der Waals surface area contributed by atoms with Gasteiger partial charge in [0.15, 0.2) is 5.69 Å². The highest BCUT2D eigenvalue weighted by Crippen LogP contribution is 2.24. The van der Waals surface area contributed by atoms with Crippen LogP contribution >= 0.6 is 0 Å². The molecular formula is C21H27N3O4. The normalized spacial score (nSPS) is 16.0. The Bertz CT molecular complexity index is 796. The lowest BCUT2D eigenvalue weighted by Gasteiger charge is -2.36. The molecule has 1 atom stereocenters. The Morgan fingerprint density at radius 2 is 2.11 bits per heavy atom. The van der Waals surface area contributed by atoms with Gasteiger partial charge in [0.25, 0.3) is 5.91 Å². The first-order valence-electron chi connectivity index (χ1n) is 9.42. The third-order valence-corrected chi connectivity index (χ3v) is 4.81. The Kier molecular flexibility index (Phi) is 6.84. The highest BCUT2D eigenvalue weighted by atomic mass is 16.5. The molecule has 1 fully saturated rings. The van der Waals surface area contributed by atoms with Gasteiger partial charge in [-0.2, -0.15) is 0 Å². The summed E-state index contributed by atoms with van der Waals surface area (Å²) >= 11 is 0. The Hall–Kier alpha value is -2.64. The minimum Gasteiger partial charge on any atom is -0.497 e. The SMILES string of the molecule is C=CCOC(CN1CCN(C(=O)c2cc(C)on2)CC1)c1cccc(OC)c1. The van der Waals surface area contributed by atoms with Gasteiger partial charge >= 0.3 is 0 Å². The molecule has 0 bridgehead atoms. The van der Waals surface area contributed by atoms with Crippen LogP contribution in [0.4, 0.5) is 0 Å². The van der Waals surface area contributed by atoms with Crippen molar-refractivity contribution in [3.05, 3.63) is 60.0 Å². The maximum absolute atomic E-state index is 12.5. The van der Waals surface area contributed by atoms with Gasteiger partial charge in [0, 0.05) is 38.8 Å². The lowest BCUT2D eigenvalue weighted by Crippen LogP contribution is -2.49. The maximum atomic E-state index is 12.5. The monoisotopic (exact) mass is 385 g/mol. The van der Waals surface area contributed by atoms with Crippen LogP contribution in [-0.4, -0.2) is 67.3 Å². The average Bonchev–Trinajstić information content (AvgIpc) is 3.17. The molecule has 1 amide bonds. The number of hydrogen-bond donors (Lipinski definition) is 0. The molecule has 2 aromatic rings. The number of nitrogens with zero attached hydrogens (tertiary/aromatic N) is 3. The van der Waals surface area contributed by atoms with Gasteiger partial charge < -0.3 is 18.9 Å². The Balaban J connectivity index is 1.60. The molecule has 0 spiro atoms. The highest BCUT2D eigenvalue weighted by molar-refractivity contribution is 5.92. The number of piperazine rings is 1. The molecule has 1 aliphatic rings.